The molecule has 2 N–H and O–H groups in total. The number of nitrogens with one attached hydrogen (secondary N) is 1. The third-order valence-electron chi connectivity index (χ3n) is 5.84. The van der Waals surface area contributed by atoms with E-state index in [-0.39, 0.29) is 18.0 Å². The van der Waals surface area contributed by atoms with Crippen molar-refractivity contribution in [2.75, 3.05) is 33.5 Å². The number of pyridine rings is 2. The van der Waals surface area contributed by atoms with Gasteiger partial charge in [0.25, 0.3) is 0 Å². The van der Waals surface area contributed by atoms with E-state index in [9.17, 15) is 9.50 Å². The molecule has 1 fully saturated rings. The number of methoxy groups -OCH3 is 1. The summed E-state index contributed by atoms with van der Waals surface area (Å²) in [6, 6.07) is 6.94. The minimum absolute atomic E-state index is 0.0499. The molecule has 0 saturated carbocycles. The van der Waals surface area contributed by atoms with E-state index in [4.69, 9.17) is 23.7 Å². The molecule has 0 bridgehead atoms. The van der Waals surface area contributed by atoms with Crippen LogP contribution in [-0.4, -0.2) is 60.9 Å². The van der Waals surface area contributed by atoms with Crippen LogP contribution in [-0.2, 0) is 16.0 Å². The number of rotatable bonds is 7. The van der Waals surface area contributed by atoms with Crippen molar-refractivity contribution in [2.45, 2.75) is 31.4 Å². The molecule has 1 aromatic carbocycles. The Balaban J connectivity index is 1.16. The second-order valence-corrected chi connectivity index (χ2v) is 8.15. The first-order valence-corrected chi connectivity index (χ1v) is 11.1. The maximum Gasteiger partial charge on any atom is 0.179 e. The Bertz CT molecular complexity index is 1160. The van der Waals surface area contributed by atoms with Gasteiger partial charge in [0.2, 0.25) is 0 Å². The zero-order valence-electron chi connectivity index (χ0n) is 18.7. The predicted octanol–water partition coefficient (Wildman–Crippen LogP) is 2.50. The van der Waals surface area contributed by atoms with Crippen molar-refractivity contribution < 1.29 is 33.2 Å². The number of aliphatic hydroxyl groups excluding tert-OH is 1. The largest absolute Gasteiger partial charge is 0.497 e. The molecule has 4 heterocycles. The molecular formula is C24H26FN3O6. The molecule has 34 heavy (non-hydrogen) atoms. The molecule has 0 aliphatic carbocycles. The zero-order valence-corrected chi connectivity index (χ0v) is 18.7. The molecule has 0 radical (unpaired) electrons. The molecule has 9 nitrogen and oxygen atoms in total. The van der Waals surface area contributed by atoms with E-state index >= 15 is 0 Å². The molecule has 2 aliphatic rings. The lowest BCUT2D eigenvalue weighted by Crippen LogP contribution is -2.44. The van der Waals surface area contributed by atoms with E-state index < -0.39 is 18.2 Å². The molecular weight excluding hydrogens is 445 g/mol. The van der Waals surface area contributed by atoms with Crippen molar-refractivity contribution in [3.63, 3.8) is 0 Å². The molecule has 2 aromatic heterocycles. The fraction of sp³-hybridized carbons (Fsp3) is 0.417. The fourth-order valence-electron chi connectivity index (χ4n) is 4.07. The average Bonchev–Trinajstić information content (AvgIpc) is 2.87. The van der Waals surface area contributed by atoms with Crippen molar-refractivity contribution in [3.05, 3.63) is 53.7 Å². The van der Waals surface area contributed by atoms with Gasteiger partial charge in [-0.05, 0) is 18.2 Å². The van der Waals surface area contributed by atoms with Crippen LogP contribution in [0.25, 0.3) is 10.9 Å². The van der Waals surface area contributed by atoms with Gasteiger partial charge in [-0.15, -0.1) is 0 Å². The highest BCUT2D eigenvalue weighted by Gasteiger charge is 2.27. The summed E-state index contributed by atoms with van der Waals surface area (Å²) in [5.74, 6) is 1.31. The van der Waals surface area contributed by atoms with Crippen molar-refractivity contribution >= 4 is 10.9 Å². The van der Waals surface area contributed by atoms with Crippen molar-refractivity contribution in [3.8, 4) is 17.2 Å². The Kier molecular flexibility index (Phi) is 6.73. The van der Waals surface area contributed by atoms with Crippen LogP contribution in [0, 0.1) is 5.82 Å². The summed E-state index contributed by atoms with van der Waals surface area (Å²) in [5, 5.41) is 14.7. The van der Waals surface area contributed by atoms with Gasteiger partial charge in [-0.3, -0.25) is 9.97 Å². The highest BCUT2D eigenvalue weighted by molar-refractivity contribution is 5.84. The number of fused-ring (bicyclic) bond motifs is 2. The smallest absolute Gasteiger partial charge is 0.179 e. The van der Waals surface area contributed by atoms with E-state index in [1.54, 1.807) is 24.4 Å². The quantitative estimate of drug-likeness (QED) is 0.538. The molecule has 3 aromatic rings. The zero-order chi connectivity index (χ0) is 23.5. The van der Waals surface area contributed by atoms with Crippen LogP contribution in [0.4, 0.5) is 4.39 Å². The van der Waals surface area contributed by atoms with Crippen LogP contribution < -0.4 is 19.5 Å². The summed E-state index contributed by atoms with van der Waals surface area (Å²) in [6.07, 6.45) is 1.07. The lowest BCUT2D eigenvalue weighted by molar-refractivity contribution is -0.202. The monoisotopic (exact) mass is 471 g/mol. The number of hydrogen-bond donors (Lipinski definition) is 2. The first-order chi connectivity index (χ1) is 16.6. The van der Waals surface area contributed by atoms with Gasteiger partial charge < -0.3 is 34.1 Å². The van der Waals surface area contributed by atoms with Crippen molar-refractivity contribution in [1.29, 1.82) is 0 Å². The number of aromatic nitrogens is 2. The van der Waals surface area contributed by atoms with Crippen LogP contribution in [0.15, 0.2) is 36.7 Å². The van der Waals surface area contributed by atoms with Crippen LogP contribution in [0.1, 0.15) is 23.8 Å². The number of hydrogen-bond acceptors (Lipinski definition) is 9. The molecule has 1 saturated heterocycles. The second-order valence-electron chi connectivity index (χ2n) is 8.15. The third kappa shape index (κ3) is 4.90. The molecule has 0 amide bonds. The molecule has 1 atom stereocenters. The Morgan fingerprint density at radius 1 is 1.12 bits per heavy atom. The number of ether oxygens (including phenoxy) is 5. The van der Waals surface area contributed by atoms with Gasteiger partial charge >= 0.3 is 0 Å². The van der Waals surface area contributed by atoms with E-state index in [0.717, 1.165) is 11.9 Å². The highest BCUT2D eigenvalue weighted by atomic mass is 19.1. The van der Waals surface area contributed by atoms with E-state index in [1.807, 2.05) is 6.07 Å². The predicted molar refractivity (Wildman–Crippen MR) is 119 cm³/mol. The van der Waals surface area contributed by atoms with Gasteiger partial charge in [-0.1, -0.05) is 0 Å². The van der Waals surface area contributed by atoms with Crippen molar-refractivity contribution in [2.24, 2.45) is 0 Å². The van der Waals surface area contributed by atoms with Crippen molar-refractivity contribution in [1.82, 2.24) is 15.3 Å². The molecule has 2 aliphatic heterocycles. The van der Waals surface area contributed by atoms with Gasteiger partial charge in [-0.2, -0.15) is 0 Å². The Labute approximate surface area is 195 Å². The lowest BCUT2D eigenvalue weighted by atomic mass is 10.0. The van der Waals surface area contributed by atoms with E-state index in [2.05, 4.69) is 15.3 Å². The normalized spacial score (nSPS) is 20.8. The van der Waals surface area contributed by atoms with Crippen LogP contribution in [0.5, 0.6) is 17.2 Å². The van der Waals surface area contributed by atoms with E-state index in [1.165, 1.54) is 7.11 Å². The summed E-state index contributed by atoms with van der Waals surface area (Å²) in [5.41, 5.74) is 1.54. The number of aliphatic hydroxyl groups is 1. The summed E-state index contributed by atoms with van der Waals surface area (Å²) in [4.78, 5) is 8.47. The molecule has 0 unspecified atom stereocenters. The van der Waals surface area contributed by atoms with Gasteiger partial charge in [0, 0.05) is 30.0 Å². The topological polar surface area (TPSA) is 104 Å². The van der Waals surface area contributed by atoms with Gasteiger partial charge in [0.1, 0.15) is 24.8 Å². The SMILES string of the molecule is COc1ccc2ncc(F)c([C@@H](O)C[C@H]3OC[C@H](NCc4cc5c(cn4)OCCO5)CO3)c2c1. The first-order valence-electron chi connectivity index (χ1n) is 11.1. The third-order valence-corrected chi connectivity index (χ3v) is 5.84. The van der Waals surface area contributed by atoms with Gasteiger partial charge in [-0.25, -0.2) is 4.39 Å². The average molecular weight is 471 g/mol. The summed E-state index contributed by atoms with van der Waals surface area (Å²) < 4.78 is 42.5. The maximum atomic E-state index is 14.6. The Morgan fingerprint density at radius 2 is 1.91 bits per heavy atom. The Hall–Kier alpha value is -3.05. The number of benzene rings is 1. The summed E-state index contributed by atoms with van der Waals surface area (Å²) in [7, 11) is 1.53. The summed E-state index contributed by atoms with van der Waals surface area (Å²) in [6.45, 7) is 2.33. The number of nitrogens with zero attached hydrogens (tertiary/aromatic N) is 2. The molecule has 180 valence electrons. The Morgan fingerprint density at radius 3 is 2.71 bits per heavy atom. The minimum Gasteiger partial charge on any atom is -0.497 e. The minimum atomic E-state index is -1.13. The summed E-state index contributed by atoms with van der Waals surface area (Å²) >= 11 is 0. The standard InChI is InChI=1S/C24H26FN3O6/c1-30-16-2-3-19-17(7-16)24(18(25)10-28-19)20(29)8-23-33-12-15(13-34-23)26-9-14-6-21-22(11-27-14)32-5-4-31-21/h2-3,6-7,10-11,15,20,23,26,29H,4-5,8-9,12-13H2,1H3/t15-,20-,23-/m0/s1. The number of halogens is 1. The van der Waals surface area contributed by atoms with Crippen LogP contribution in [0.2, 0.25) is 0 Å². The molecule has 0 spiro atoms. The second kappa shape index (κ2) is 10.1. The highest BCUT2D eigenvalue weighted by Crippen LogP contribution is 2.32. The van der Waals surface area contributed by atoms with Crippen LogP contribution >= 0.6 is 0 Å². The van der Waals surface area contributed by atoms with Gasteiger partial charge in [0.05, 0.1) is 56.1 Å². The molecule has 10 heteroatoms. The van der Waals surface area contributed by atoms with Gasteiger partial charge in [0.15, 0.2) is 17.8 Å². The lowest BCUT2D eigenvalue weighted by Gasteiger charge is -2.31. The van der Waals surface area contributed by atoms with Crippen LogP contribution in [0.3, 0.4) is 0 Å². The first kappa shape index (κ1) is 22.7. The fourth-order valence-corrected chi connectivity index (χ4v) is 4.07. The van der Waals surface area contributed by atoms with E-state index in [0.29, 0.717) is 61.1 Å². The maximum absolute atomic E-state index is 14.6. The molecule has 5 rings (SSSR count).